The number of allylic oxidation sites excluding steroid dienone is 2. The highest BCUT2D eigenvalue weighted by Crippen LogP contribution is 2.23. The molecule has 0 aromatic carbocycles. The third-order valence-corrected chi connectivity index (χ3v) is 2.72. The molecule has 0 saturated heterocycles. The summed E-state index contributed by atoms with van der Waals surface area (Å²) in [5.41, 5.74) is 8.93. The Labute approximate surface area is 106 Å². The summed E-state index contributed by atoms with van der Waals surface area (Å²) >= 11 is 0. The molecule has 2 heterocycles. The van der Waals surface area contributed by atoms with Crippen LogP contribution in [0.1, 0.15) is 20.3 Å². The average molecular weight is 246 g/mol. The fraction of sp³-hybridized carbons (Fsp3) is 0.417. The fourth-order valence-corrected chi connectivity index (χ4v) is 1.83. The second-order valence-electron chi connectivity index (χ2n) is 4.46. The molecule has 2 aromatic heterocycles. The summed E-state index contributed by atoms with van der Waals surface area (Å²) in [6.45, 7) is 4.92. The highest BCUT2D eigenvalue weighted by Gasteiger charge is 2.14. The van der Waals surface area contributed by atoms with E-state index in [0.29, 0.717) is 5.82 Å². The molecule has 2 N–H and O–H groups in total. The maximum absolute atomic E-state index is 5.88. The molecule has 0 aliphatic carbocycles. The first kappa shape index (κ1) is 12.3. The van der Waals surface area contributed by atoms with Gasteiger partial charge in [0, 0.05) is 19.8 Å². The predicted molar refractivity (Wildman–Crippen MR) is 70.7 cm³/mol. The second-order valence-corrected chi connectivity index (χ2v) is 4.46. The van der Waals surface area contributed by atoms with Crippen LogP contribution in [0.5, 0.6) is 0 Å². The number of aryl methyl sites for hydroxylation is 2. The molecule has 0 spiro atoms. The minimum atomic E-state index is 0.441. The molecular weight excluding hydrogens is 228 g/mol. The van der Waals surface area contributed by atoms with Crippen molar-refractivity contribution in [3.63, 3.8) is 0 Å². The van der Waals surface area contributed by atoms with Crippen LogP contribution >= 0.6 is 0 Å². The number of nitrogens with two attached hydrogens (primary N) is 1. The van der Waals surface area contributed by atoms with Crippen LogP contribution < -0.4 is 5.73 Å². The summed E-state index contributed by atoms with van der Waals surface area (Å²) < 4.78 is 3.60. The summed E-state index contributed by atoms with van der Waals surface area (Å²) in [6, 6.07) is 1.91. The maximum atomic E-state index is 5.88. The van der Waals surface area contributed by atoms with E-state index in [0.717, 1.165) is 24.4 Å². The Morgan fingerprint density at radius 1 is 1.44 bits per heavy atom. The summed E-state index contributed by atoms with van der Waals surface area (Å²) in [7, 11) is 1.88. The Hall–Kier alpha value is -2.11. The van der Waals surface area contributed by atoms with Crippen molar-refractivity contribution in [3.05, 3.63) is 23.9 Å². The zero-order valence-electron chi connectivity index (χ0n) is 11.0. The van der Waals surface area contributed by atoms with Crippen LogP contribution in [-0.4, -0.2) is 24.8 Å². The van der Waals surface area contributed by atoms with E-state index in [9.17, 15) is 0 Å². The number of anilines is 1. The van der Waals surface area contributed by atoms with E-state index < -0.39 is 0 Å². The van der Waals surface area contributed by atoms with Crippen molar-refractivity contribution >= 4 is 5.82 Å². The van der Waals surface area contributed by atoms with Crippen molar-refractivity contribution < 1.29 is 0 Å². The van der Waals surface area contributed by atoms with Gasteiger partial charge in [0.2, 0.25) is 0 Å². The monoisotopic (exact) mass is 246 g/mol. The molecule has 0 amide bonds. The van der Waals surface area contributed by atoms with Crippen LogP contribution in [0.4, 0.5) is 5.82 Å². The molecule has 18 heavy (non-hydrogen) atoms. The molecule has 0 aliphatic heterocycles. The number of hydrogen-bond donors (Lipinski definition) is 1. The minimum Gasteiger partial charge on any atom is -0.380 e. The first-order valence-electron chi connectivity index (χ1n) is 5.90. The normalized spacial score (nSPS) is 10.6. The van der Waals surface area contributed by atoms with Gasteiger partial charge in [-0.1, -0.05) is 16.9 Å². The van der Waals surface area contributed by atoms with Gasteiger partial charge in [-0.3, -0.25) is 4.68 Å². The van der Waals surface area contributed by atoms with Crippen LogP contribution in [0.25, 0.3) is 11.4 Å². The Balaban J connectivity index is 2.28. The van der Waals surface area contributed by atoms with Gasteiger partial charge in [0.15, 0.2) is 5.82 Å². The predicted octanol–water partition coefficient (Wildman–Crippen LogP) is 1.62. The number of aromatic nitrogens is 5. The Bertz CT molecular complexity index is 559. The number of rotatable bonds is 4. The third kappa shape index (κ3) is 2.42. The molecule has 0 bridgehead atoms. The van der Waals surface area contributed by atoms with Gasteiger partial charge in [0.05, 0.1) is 5.69 Å². The molecule has 0 radical (unpaired) electrons. The van der Waals surface area contributed by atoms with E-state index in [1.807, 2.05) is 17.8 Å². The first-order valence-corrected chi connectivity index (χ1v) is 5.90. The molecular formula is C12H18N6. The molecule has 2 rings (SSSR count). The highest BCUT2D eigenvalue weighted by atomic mass is 15.5. The first-order chi connectivity index (χ1) is 8.59. The zero-order chi connectivity index (χ0) is 13.1. The Morgan fingerprint density at radius 3 is 2.83 bits per heavy atom. The van der Waals surface area contributed by atoms with Crippen LogP contribution in [0, 0.1) is 0 Å². The van der Waals surface area contributed by atoms with Gasteiger partial charge < -0.3 is 5.73 Å². The standard InChI is InChI=1S/C12H18N6/c1-9(2)5-4-8-18-11(12(13)15-16-18)10-6-7-14-17(10)3/h5-7H,4,8,13H2,1-3H3. The average Bonchev–Trinajstić information content (AvgIpc) is 2.85. The molecule has 6 heteroatoms. The molecule has 0 fully saturated rings. The third-order valence-electron chi connectivity index (χ3n) is 2.72. The maximum Gasteiger partial charge on any atom is 0.175 e. The van der Waals surface area contributed by atoms with Gasteiger partial charge in [-0.15, -0.1) is 5.10 Å². The van der Waals surface area contributed by atoms with Crippen molar-refractivity contribution in [2.75, 3.05) is 5.73 Å². The summed E-state index contributed by atoms with van der Waals surface area (Å²) in [5, 5.41) is 12.2. The topological polar surface area (TPSA) is 74.6 Å². The molecule has 0 saturated carbocycles. The van der Waals surface area contributed by atoms with E-state index in [1.165, 1.54) is 5.57 Å². The highest BCUT2D eigenvalue weighted by molar-refractivity contribution is 5.66. The largest absolute Gasteiger partial charge is 0.380 e. The van der Waals surface area contributed by atoms with Gasteiger partial charge >= 0.3 is 0 Å². The van der Waals surface area contributed by atoms with Gasteiger partial charge in [-0.2, -0.15) is 5.10 Å². The van der Waals surface area contributed by atoms with E-state index in [1.54, 1.807) is 10.9 Å². The van der Waals surface area contributed by atoms with E-state index >= 15 is 0 Å². The zero-order valence-corrected chi connectivity index (χ0v) is 11.0. The van der Waals surface area contributed by atoms with Crippen molar-refractivity contribution in [1.29, 1.82) is 0 Å². The second kappa shape index (κ2) is 5.03. The van der Waals surface area contributed by atoms with Gasteiger partial charge in [-0.25, -0.2) is 4.68 Å². The van der Waals surface area contributed by atoms with Crippen LogP contribution in [-0.2, 0) is 13.6 Å². The lowest BCUT2D eigenvalue weighted by Crippen LogP contribution is -2.05. The summed E-state index contributed by atoms with van der Waals surface area (Å²) in [5.74, 6) is 0.441. The summed E-state index contributed by atoms with van der Waals surface area (Å²) in [4.78, 5) is 0. The number of hydrogen-bond acceptors (Lipinski definition) is 4. The lowest BCUT2D eigenvalue weighted by atomic mass is 10.2. The molecule has 0 atom stereocenters. The quantitative estimate of drug-likeness (QED) is 0.832. The van der Waals surface area contributed by atoms with Crippen molar-refractivity contribution in [1.82, 2.24) is 24.8 Å². The molecule has 2 aromatic rings. The van der Waals surface area contributed by atoms with Crippen LogP contribution in [0.2, 0.25) is 0 Å². The van der Waals surface area contributed by atoms with Crippen LogP contribution in [0.3, 0.4) is 0 Å². The molecule has 96 valence electrons. The van der Waals surface area contributed by atoms with Gasteiger partial charge in [-0.05, 0) is 26.3 Å². The van der Waals surface area contributed by atoms with Gasteiger partial charge in [0.1, 0.15) is 5.69 Å². The lowest BCUT2D eigenvalue weighted by molar-refractivity contribution is 0.597. The Kier molecular flexibility index (Phi) is 3.45. The molecule has 0 unspecified atom stereocenters. The van der Waals surface area contributed by atoms with Crippen molar-refractivity contribution in [3.8, 4) is 11.4 Å². The van der Waals surface area contributed by atoms with Gasteiger partial charge in [0.25, 0.3) is 0 Å². The van der Waals surface area contributed by atoms with Crippen LogP contribution in [0.15, 0.2) is 23.9 Å². The van der Waals surface area contributed by atoms with E-state index in [2.05, 4.69) is 35.3 Å². The Morgan fingerprint density at radius 2 is 2.22 bits per heavy atom. The summed E-state index contributed by atoms with van der Waals surface area (Å²) in [6.07, 6.45) is 4.82. The molecule has 6 nitrogen and oxygen atoms in total. The molecule has 0 aliphatic rings. The minimum absolute atomic E-state index is 0.441. The smallest absolute Gasteiger partial charge is 0.175 e. The van der Waals surface area contributed by atoms with E-state index in [-0.39, 0.29) is 0 Å². The fourth-order valence-electron chi connectivity index (χ4n) is 1.83. The van der Waals surface area contributed by atoms with Crippen molar-refractivity contribution in [2.45, 2.75) is 26.8 Å². The van der Waals surface area contributed by atoms with Crippen molar-refractivity contribution in [2.24, 2.45) is 7.05 Å². The number of nitrogen functional groups attached to an aromatic ring is 1. The SMILES string of the molecule is CC(C)=CCCn1nnc(N)c1-c1ccnn1C. The lowest BCUT2D eigenvalue weighted by Gasteiger charge is -2.06. The number of nitrogens with zero attached hydrogens (tertiary/aromatic N) is 5. The van der Waals surface area contributed by atoms with E-state index in [4.69, 9.17) is 5.73 Å².